The number of carbonyl (C=O) groups is 1. The molecule has 0 heterocycles. The summed E-state index contributed by atoms with van der Waals surface area (Å²) in [4.78, 5) is 12.5. The van der Waals surface area contributed by atoms with Gasteiger partial charge in [0.2, 0.25) is 0 Å². The molecule has 1 atom stereocenters. The van der Waals surface area contributed by atoms with E-state index in [1.54, 1.807) is 6.92 Å². The molecule has 0 spiro atoms. The Balaban J connectivity index is 1.74. The highest BCUT2D eigenvalue weighted by molar-refractivity contribution is 5.93. The SMILES string of the molecule is CC(O)c1cccc(C(C)(C)NC(=O)Nc2ccc3ccccc3c2)c1. The molecular formula is C22H24N2O2. The molecule has 3 rings (SSSR count). The number of amides is 2. The maximum absolute atomic E-state index is 12.5. The predicted octanol–water partition coefficient (Wildman–Crippen LogP) is 4.95. The summed E-state index contributed by atoms with van der Waals surface area (Å²) >= 11 is 0. The van der Waals surface area contributed by atoms with Crippen LogP contribution in [-0.4, -0.2) is 11.1 Å². The predicted molar refractivity (Wildman–Crippen MR) is 106 cm³/mol. The Bertz CT molecular complexity index is 932. The van der Waals surface area contributed by atoms with Crippen LogP contribution < -0.4 is 10.6 Å². The first-order chi connectivity index (χ1) is 12.3. The monoisotopic (exact) mass is 348 g/mol. The van der Waals surface area contributed by atoms with E-state index in [-0.39, 0.29) is 6.03 Å². The van der Waals surface area contributed by atoms with Crippen LogP contribution in [0.25, 0.3) is 10.8 Å². The molecule has 0 aliphatic rings. The highest BCUT2D eigenvalue weighted by atomic mass is 16.3. The number of nitrogens with one attached hydrogen (secondary N) is 2. The second kappa shape index (κ2) is 7.18. The normalized spacial score (nSPS) is 12.6. The minimum atomic E-state index is -0.578. The third kappa shape index (κ3) is 4.03. The number of urea groups is 1. The van der Waals surface area contributed by atoms with Crippen molar-refractivity contribution in [1.29, 1.82) is 0 Å². The van der Waals surface area contributed by atoms with Crippen LogP contribution in [0.5, 0.6) is 0 Å². The minimum absolute atomic E-state index is 0.271. The number of anilines is 1. The fourth-order valence-electron chi connectivity index (χ4n) is 2.97. The summed E-state index contributed by atoms with van der Waals surface area (Å²) in [6.45, 7) is 5.61. The van der Waals surface area contributed by atoms with Crippen molar-refractivity contribution in [2.24, 2.45) is 0 Å². The molecule has 4 nitrogen and oxygen atoms in total. The summed E-state index contributed by atoms with van der Waals surface area (Å²) in [5, 5.41) is 17.9. The van der Waals surface area contributed by atoms with Gasteiger partial charge in [0.05, 0.1) is 11.6 Å². The maximum atomic E-state index is 12.5. The Kier molecular flexibility index (Phi) is 4.96. The zero-order chi connectivity index (χ0) is 18.7. The van der Waals surface area contributed by atoms with Crippen LogP contribution in [0.15, 0.2) is 66.7 Å². The second-order valence-electron chi connectivity index (χ2n) is 7.07. The van der Waals surface area contributed by atoms with Gasteiger partial charge in [0.15, 0.2) is 0 Å². The van der Waals surface area contributed by atoms with Gasteiger partial charge in [-0.2, -0.15) is 0 Å². The lowest BCUT2D eigenvalue weighted by Crippen LogP contribution is -2.43. The van der Waals surface area contributed by atoms with E-state index in [9.17, 15) is 9.90 Å². The van der Waals surface area contributed by atoms with Crippen molar-refractivity contribution in [3.05, 3.63) is 77.9 Å². The van der Waals surface area contributed by atoms with E-state index >= 15 is 0 Å². The van der Waals surface area contributed by atoms with Gasteiger partial charge in [0.1, 0.15) is 0 Å². The molecule has 3 aromatic rings. The molecule has 0 radical (unpaired) electrons. The number of aliphatic hydroxyl groups excluding tert-OH is 1. The molecule has 0 aliphatic carbocycles. The fraction of sp³-hybridized carbons (Fsp3) is 0.227. The van der Waals surface area contributed by atoms with Crippen LogP contribution >= 0.6 is 0 Å². The van der Waals surface area contributed by atoms with Crippen LogP contribution in [0.4, 0.5) is 10.5 Å². The first kappa shape index (κ1) is 18.0. The van der Waals surface area contributed by atoms with E-state index in [1.165, 1.54) is 0 Å². The highest BCUT2D eigenvalue weighted by Crippen LogP contribution is 2.24. The lowest BCUT2D eigenvalue weighted by atomic mass is 9.92. The topological polar surface area (TPSA) is 61.4 Å². The molecule has 3 N–H and O–H groups in total. The number of carbonyl (C=O) groups excluding carboxylic acids is 1. The van der Waals surface area contributed by atoms with E-state index in [0.29, 0.717) is 0 Å². The average molecular weight is 348 g/mol. The Morgan fingerprint density at radius 2 is 1.69 bits per heavy atom. The van der Waals surface area contributed by atoms with Crippen molar-refractivity contribution in [3.8, 4) is 0 Å². The van der Waals surface area contributed by atoms with Crippen LogP contribution in [0.3, 0.4) is 0 Å². The molecule has 4 heteroatoms. The second-order valence-corrected chi connectivity index (χ2v) is 7.07. The lowest BCUT2D eigenvalue weighted by molar-refractivity contribution is 0.199. The largest absolute Gasteiger partial charge is 0.389 e. The molecule has 0 saturated heterocycles. The zero-order valence-corrected chi connectivity index (χ0v) is 15.3. The standard InChI is InChI=1S/C22H24N2O2/c1-15(25)17-9-6-10-19(13-17)22(2,3)24-21(26)23-20-12-11-16-7-4-5-8-18(16)14-20/h4-15,25H,1-3H3,(H2,23,24,26). The molecule has 134 valence electrons. The third-order valence-electron chi connectivity index (χ3n) is 4.52. The zero-order valence-electron chi connectivity index (χ0n) is 15.3. The number of fused-ring (bicyclic) bond motifs is 1. The Labute approximate surface area is 153 Å². The van der Waals surface area contributed by atoms with Crippen molar-refractivity contribution in [3.63, 3.8) is 0 Å². The van der Waals surface area contributed by atoms with Gasteiger partial charge < -0.3 is 15.7 Å². The van der Waals surface area contributed by atoms with Gasteiger partial charge in [-0.1, -0.05) is 54.6 Å². The summed E-state index contributed by atoms with van der Waals surface area (Å²) in [6.07, 6.45) is -0.544. The van der Waals surface area contributed by atoms with E-state index in [0.717, 1.165) is 27.6 Å². The Hall–Kier alpha value is -2.85. The summed E-state index contributed by atoms with van der Waals surface area (Å²) in [5.41, 5.74) is 1.93. The Morgan fingerprint density at radius 1 is 0.962 bits per heavy atom. The number of hydrogen-bond donors (Lipinski definition) is 3. The maximum Gasteiger partial charge on any atom is 0.319 e. The van der Waals surface area contributed by atoms with Crippen LogP contribution in [-0.2, 0) is 5.54 Å². The number of rotatable bonds is 4. The smallest absolute Gasteiger partial charge is 0.319 e. The summed E-state index contributed by atoms with van der Waals surface area (Å²) in [5.74, 6) is 0. The van der Waals surface area contributed by atoms with Crippen molar-refractivity contribution >= 4 is 22.5 Å². The molecule has 0 bridgehead atoms. The first-order valence-electron chi connectivity index (χ1n) is 8.72. The average Bonchev–Trinajstić information content (AvgIpc) is 2.61. The quantitative estimate of drug-likeness (QED) is 0.625. The molecule has 2 amide bonds. The molecule has 26 heavy (non-hydrogen) atoms. The summed E-state index contributed by atoms with van der Waals surface area (Å²) < 4.78 is 0. The van der Waals surface area contributed by atoms with Gasteiger partial charge in [-0.05, 0) is 54.8 Å². The van der Waals surface area contributed by atoms with Gasteiger partial charge in [-0.3, -0.25) is 0 Å². The third-order valence-corrected chi connectivity index (χ3v) is 4.52. The minimum Gasteiger partial charge on any atom is -0.389 e. The molecule has 0 aliphatic heterocycles. The van der Waals surface area contributed by atoms with Crippen molar-refractivity contribution < 1.29 is 9.90 Å². The van der Waals surface area contributed by atoms with Gasteiger partial charge in [-0.15, -0.1) is 0 Å². The van der Waals surface area contributed by atoms with Gasteiger partial charge >= 0.3 is 6.03 Å². The number of hydrogen-bond acceptors (Lipinski definition) is 2. The van der Waals surface area contributed by atoms with Crippen molar-refractivity contribution in [1.82, 2.24) is 5.32 Å². The van der Waals surface area contributed by atoms with Crippen LogP contribution in [0, 0.1) is 0 Å². The van der Waals surface area contributed by atoms with Crippen LogP contribution in [0.2, 0.25) is 0 Å². The van der Waals surface area contributed by atoms with Crippen molar-refractivity contribution in [2.45, 2.75) is 32.4 Å². The van der Waals surface area contributed by atoms with Gasteiger partial charge in [-0.25, -0.2) is 4.79 Å². The number of aliphatic hydroxyl groups is 1. The molecule has 0 aromatic heterocycles. The number of benzene rings is 3. The van der Waals surface area contributed by atoms with E-state index in [4.69, 9.17) is 0 Å². The van der Waals surface area contributed by atoms with Crippen LogP contribution in [0.1, 0.15) is 38.0 Å². The first-order valence-corrected chi connectivity index (χ1v) is 8.72. The molecule has 1 unspecified atom stereocenters. The summed E-state index contributed by atoms with van der Waals surface area (Å²) in [7, 11) is 0. The lowest BCUT2D eigenvalue weighted by Gasteiger charge is -2.28. The van der Waals surface area contributed by atoms with E-state index < -0.39 is 11.6 Å². The fourth-order valence-corrected chi connectivity index (χ4v) is 2.97. The Morgan fingerprint density at radius 3 is 2.42 bits per heavy atom. The molecular weight excluding hydrogens is 324 g/mol. The van der Waals surface area contributed by atoms with Gasteiger partial charge in [0.25, 0.3) is 0 Å². The van der Waals surface area contributed by atoms with Crippen molar-refractivity contribution in [2.75, 3.05) is 5.32 Å². The highest BCUT2D eigenvalue weighted by Gasteiger charge is 2.23. The summed E-state index contributed by atoms with van der Waals surface area (Å²) in [6, 6.07) is 21.2. The molecule has 0 saturated carbocycles. The van der Waals surface area contributed by atoms with Gasteiger partial charge in [0, 0.05) is 5.69 Å². The van der Waals surface area contributed by atoms with E-state index in [2.05, 4.69) is 10.6 Å². The molecule has 3 aromatic carbocycles. The van der Waals surface area contributed by atoms with E-state index in [1.807, 2.05) is 80.6 Å². The molecule has 0 fully saturated rings.